The van der Waals surface area contributed by atoms with Crippen LogP contribution in [0.2, 0.25) is 0 Å². The number of hydrogen-bond acceptors (Lipinski definition) is 6. The van der Waals surface area contributed by atoms with E-state index in [2.05, 4.69) is 12.2 Å². The van der Waals surface area contributed by atoms with E-state index >= 15 is 0 Å². The van der Waals surface area contributed by atoms with Gasteiger partial charge in [0.2, 0.25) is 5.88 Å². The van der Waals surface area contributed by atoms with E-state index in [0.717, 1.165) is 18.4 Å². The lowest BCUT2D eigenvalue weighted by atomic mass is 9.91. The van der Waals surface area contributed by atoms with Gasteiger partial charge in [0.15, 0.2) is 6.26 Å². The lowest BCUT2D eigenvalue weighted by molar-refractivity contribution is -0.00141. The Morgan fingerprint density at radius 2 is 1.94 bits per heavy atom. The molecule has 0 saturated carbocycles. The third-order valence-corrected chi connectivity index (χ3v) is 6.48. The van der Waals surface area contributed by atoms with Crippen molar-refractivity contribution in [3.63, 3.8) is 0 Å². The van der Waals surface area contributed by atoms with Crippen molar-refractivity contribution in [1.82, 2.24) is 9.80 Å². The van der Waals surface area contributed by atoms with Gasteiger partial charge >= 0.3 is 12.2 Å². The Balaban J connectivity index is 1.13. The van der Waals surface area contributed by atoms with Crippen LogP contribution in [-0.2, 0) is 25.6 Å². The van der Waals surface area contributed by atoms with Gasteiger partial charge in [-0.2, -0.15) is 0 Å². The molecule has 0 atom stereocenters. The molecule has 3 heterocycles. The van der Waals surface area contributed by atoms with E-state index in [-0.39, 0.29) is 12.7 Å². The maximum atomic E-state index is 12.7. The van der Waals surface area contributed by atoms with Crippen molar-refractivity contribution in [3.8, 4) is 0 Å². The Morgan fingerprint density at radius 1 is 1.12 bits per heavy atom. The molecule has 3 aliphatic heterocycles. The smallest absolute Gasteiger partial charge is 0.417 e. The number of allylic oxidation sites excluding steroid dienone is 4. The predicted octanol–water partition coefficient (Wildman–Crippen LogP) is 4.96. The molecular formula is C26H28N2O6. The maximum absolute atomic E-state index is 12.7. The molecule has 2 fully saturated rings. The van der Waals surface area contributed by atoms with Gasteiger partial charge in [0, 0.05) is 32.4 Å². The number of benzene rings is 1. The second-order valence-corrected chi connectivity index (χ2v) is 8.91. The Labute approximate surface area is 198 Å². The number of rotatable bonds is 5. The summed E-state index contributed by atoms with van der Waals surface area (Å²) < 4.78 is 22.7. The van der Waals surface area contributed by atoms with E-state index < -0.39 is 11.7 Å². The van der Waals surface area contributed by atoms with Crippen molar-refractivity contribution >= 4 is 12.2 Å². The summed E-state index contributed by atoms with van der Waals surface area (Å²) in [5, 5.41) is 0. The number of piperidine rings is 1. The second kappa shape index (κ2) is 9.67. The molecule has 0 aromatic heterocycles. The Morgan fingerprint density at radius 3 is 2.71 bits per heavy atom. The van der Waals surface area contributed by atoms with Crippen LogP contribution in [0.4, 0.5) is 9.59 Å². The van der Waals surface area contributed by atoms with Crippen LogP contribution in [0, 0.1) is 0 Å². The highest BCUT2D eigenvalue weighted by Crippen LogP contribution is 2.37. The molecule has 4 aliphatic rings. The molecule has 2 amide bonds. The van der Waals surface area contributed by atoms with Gasteiger partial charge in [0.05, 0.1) is 6.54 Å². The molecule has 1 aromatic rings. The highest BCUT2D eigenvalue weighted by atomic mass is 16.6. The quantitative estimate of drug-likeness (QED) is 0.613. The molecular weight excluding hydrogens is 436 g/mol. The molecule has 8 heteroatoms. The topological polar surface area (TPSA) is 77.5 Å². The first-order valence-corrected chi connectivity index (χ1v) is 11.6. The fraction of sp³-hybridized carbons (Fsp3) is 0.385. The average Bonchev–Trinajstić information content (AvgIpc) is 3.20. The summed E-state index contributed by atoms with van der Waals surface area (Å²) in [5.41, 5.74) is 1.54. The first-order valence-electron chi connectivity index (χ1n) is 11.6. The average molecular weight is 465 g/mol. The summed E-state index contributed by atoms with van der Waals surface area (Å²) in [6, 6.07) is 9.58. The van der Waals surface area contributed by atoms with E-state index in [1.54, 1.807) is 11.2 Å². The van der Waals surface area contributed by atoms with Gasteiger partial charge in [0.25, 0.3) is 0 Å². The normalized spacial score (nSPS) is 21.2. The fourth-order valence-electron chi connectivity index (χ4n) is 4.53. The largest absolute Gasteiger partial charge is 0.464 e. The molecule has 1 spiro atoms. The molecule has 8 nitrogen and oxygen atoms in total. The van der Waals surface area contributed by atoms with E-state index in [9.17, 15) is 9.59 Å². The summed E-state index contributed by atoms with van der Waals surface area (Å²) in [6.45, 7) is 1.50. The fourth-order valence-corrected chi connectivity index (χ4v) is 4.53. The highest BCUT2D eigenvalue weighted by Gasteiger charge is 2.49. The number of ether oxygens (including phenoxy) is 4. The van der Waals surface area contributed by atoms with E-state index in [4.69, 9.17) is 18.9 Å². The molecule has 1 aliphatic carbocycles. The summed E-state index contributed by atoms with van der Waals surface area (Å²) in [5.74, 6) is 0.986. The predicted molar refractivity (Wildman–Crippen MR) is 123 cm³/mol. The first-order chi connectivity index (χ1) is 16.6. The van der Waals surface area contributed by atoms with Crippen LogP contribution in [0.25, 0.3) is 0 Å². The molecule has 178 valence electrons. The Hall–Kier alpha value is -3.68. The van der Waals surface area contributed by atoms with Crippen molar-refractivity contribution in [2.45, 2.75) is 44.3 Å². The molecule has 5 rings (SSSR count). The van der Waals surface area contributed by atoms with E-state index in [1.165, 1.54) is 16.7 Å². The van der Waals surface area contributed by atoms with Crippen LogP contribution in [0.1, 0.15) is 37.7 Å². The van der Waals surface area contributed by atoms with Gasteiger partial charge in [-0.15, -0.1) is 0 Å². The van der Waals surface area contributed by atoms with Gasteiger partial charge in [-0.3, -0.25) is 0 Å². The van der Waals surface area contributed by atoms with Crippen molar-refractivity contribution in [3.05, 3.63) is 83.9 Å². The SMILES string of the molecule is O=C(OCc1ccccc1)N1CCC2(CC1)CN(C1=COC=C(CC3=CC=CCC3)O1)C(=O)O2. The molecule has 1 aromatic carbocycles. The van der Waals surface area contributed by atoms with Gasteiger partial charge in [-0.05, 0) is 18.4 Å². The highest BCUT2D eigenvalue weighted by molar-refractivity contribution is 5.73. The van der Waals surface area contributed by atoms with Crippen LogP contribution >= 0.6 is 0 Å². The lowest BCUT2D eigenvalue weighted by Crippen LogP contribution is -2.48. The van der Waals surface area contributed by atoms with Crippen LogP contribution in [0.3, 0.4) is 0 Å². The number of nitrogens with zero attached hydrogens (tertiary/aromatic N) is 2. The number of likely N-dealkylation sites (tertiary alicyclic amines) is 1. The zero-order valence-electron chi connectivity index (χ0n) is 19.0. The number of carbonyl (C=O) groups excluding carboxylic acids is 2. The Kier molecular flexibility index (Phi) is 6.29. The molecule has 34 heavy (non-hydrogen) atoms. The van der Waals surface area contributed by atoms with Crippen LogP contribution < -0.4 is 0 Å². The summed E-state index contributed by atoms with van der Waals surface area (Å²) in [6.07, 6.45) is 12.1. The third-order valence-electron chi connectivity index (χ3n) is 6.48. The summed E-state index contributed by atoms with van der Waals surface area (Å²) in [4.78, 5) is 28.3. The molecule has 0 N–H and O–H groups in total. The van der Waals surface area contributed by atoms with E-state index in [0.29, 0.717) is 50.5 Å². The van der Waals surface area contributed by atoms with Crippen LogP contribution in [0.15, 0.2) is 78.3 Å². The van der Waals surface area contributed by atoms with Gasteiger partial charge in [-0.25, -0.2) is 14.5 Å². The molecule has 0 bridgehead atoms. The molecule has 0 unspecified atom stereocenters. The number of hydrogen-bond donors (Lipinski definition) is 0. The van der Waals surface area contributed by atoms with Gasteiger partial charge in [-0.1, -0.05) is 54.1 Å². The minimum Gasteiger partial charge on any atom is -0.464 e. The first kappa shape index (κ1) is 22.1. The standard InChI is InChI=1S/C26H28N2O6/c29-24(32-16-21-9-5-2-6-10-21)27-13-11-26(12-14-27)19-28(25(30)34-26)23-18-31-17-22(33-23)15-20-7-3-1-4-8-20/h1-3,5-7,9-10,17-18H,4,8,11-16,19H2. The third kappa shape index (κ3) is 4.95. The van der Waals surface area contributed by atoms with Crippen molar-refractivity contribution in [1.29, 1.82) is 0 Å². The van der Waals surface area contributed by atoms with Crippen LogP contribution in [-0.4, -0.2) is 47.2 Å². The zero-order valence-corrected chi connectivity index (χ0v) is 19.0. The minimum atomic E-state index is -0.657. The number of amides is 2. The maximum Gasteiger partial charge on any atom is 0.417 e. The van der Waals surface area contributed by atoms with Crippen molar-refractivity contribution < 1.29 is 28.5 Å². The summed E-state index contributed by atoms with van der Waals surface area (Å²) >= 11 is 0. The van der Waals surface area contributed by atoms with Gasteiger partial charge in [0.1, 0.15) is 24.2 Å². The second-order valence-electron chi connectivity index (χ2n) is 8.91. The summed E-state index contributed by atoms with van der Waals surface area (Å²) in [7, 11) is 0. The van der Waals surface area contributed by atoms with E-state index in [1.807, 2.05) is 36.4 Å². The minimum absolute atomic E-state index is 0.235. The monoisotopic (exact) mass is 464 g/mol. The van der Waals surface area contributed by atoms with Crippen molar-refractivity contribution in [2.24, 2.45) is 0 Å². The molecule has 0 radical (unpaired) electrons. The number of carbonyl (C=O) groups is 2. The van der Waals surface area contributed by atoms with Crippen LogP contribution in [0.5, 0.6) is 0 Å². The lowest BCUT2D eigenvalue weighted by Gasteiger charge is -2.36. The van der Waals surface area contributed by atoms with Gasteiger partial charge < -0.3 is 23.8 Å². The molecule has 2 saturated heterocycles. The zero-order chi connectivity index (χ0) is 23.4. The Bertz CT molecular complexity index is 1050. The van der Waals surface area contributed by atoms with Crippen molar-refractivity contribution in [2.75, 3.05) is 19.6 Å².